The van der Waals surface area contributed by atoms with Crippen LogP contribution in [0, 0.1) is 5.92 Å². The monoisotopic (exact) mass is 169 g/mol. The number of rotatable bonds is 3. The van der Waals surface area contributed by atoms with Crippen molar-refractivity contribution in [2.24, 2.45) is 11.7 Å². The Bertz CT molecular complexity index is 191. The molecule has 0 aliphatic heterocycles. The van der Waals surface area contributed by atoms with Gasteiger partial charge >= 0.3 is 0 Å². The Kier molecular flexibility index (Phi) is 3.09. The van der Waals surface area contributed by atoms with Crippen LogP contribution in [-0.4, -0.2) is 6.04 Å². The molecule has 0 radical (unpaired) electrons. The zero-order chi connectivity index (χ0) is 8.27. The van der Waals surface area contributed by atoms with Crippen molar-refractivity contribution in [3.63, 3.8) is 0 Å². The summed E-state index contributed by atoms with van der Waals surface area (Å²) < 4.78 is 0. The van der Waals surface area contributed by atoms with E-state index in [-0.39, 0.29) is 0 Å². The van der Waals surface area contributed by atoms with Gasteiger partial charge < -0.3 is 5.73 Å². The molecule has 1 atom stereocenters. The van der Waals surface area contributed by atoms with Gasteiger partial charge in [-0.25, -0.2) is 0 Å². The van der Waals surface area contributed by atoms with Gasteiger partial charge in [0.2, 0.25) is 0 Å². The summed E-state index contributed by atoms with van der Waals surface area (Å²) in [6, 6.07) is 2.46. The third-order valence-electron chi connectivity index (χ3n) is 1.91. The lowest BCUT2D eigenvalue weighted by atomic mass is 9.99. The molecule has 0 aromatic carbocycles. The van der Waals surface area contributed by atoms with Gasteiger partial charge in [-0.3, -0.25) is 0 Å². The van der Waals surface area contributed by atoms with Crippen LogP contribution >= 0.6 is 11.3 Å². The minimum absolute atomic E-state index is 0.310. The Balaban J connectivity index is 2.43. The minimum atomic E-state index is 0.310. The van der Waals surface area contributed by atoms with Crippen molar-refractivity contribution in [3.8, 4) is 0 Å². The quantitative estimate of drug-likeness (QED) is 0.738. The molecule has 0 saturated heterocycles. The van der Waals surface area contributed by atoms with E-state index < -0.39 is 0 Å². The zero-order valence-corrected chi connectivity index (χ0v) is 7.90. The standard InChI is InChI=1S/C9H15NS/c1-7(2)9(10)5-8-3-4-11-6-8/h3-4,6-7,9H,5,10H2,1-2H3. The van der Waals surface area contributed by atoms with Gasteiger partial charge in [0, 0.05) is 6.04 Å². The summed E-state index contributed by atoms with van der Waals surface area (Å²) in [7, 11) is 0. The maximum Gasteiger partial charge on any atom is 0.0103 e. The molecule has 1 aromatic heterocycles. The highest BCUT2D eigenvalue weighted by Gasteiger charge is 2.07. The molecule has 0 aliphatic rings. The van der Waals surface area contributed by atoms with Gasteiger partial charge in [-0.15, -0.1) is 0 Å². The van der Waals surface area contributed by atoms with Gasteiger partial charge in [0.1, 0.15) is 0 Å². The van der Waals surface area contributed by atoms with E-state index in [1.165, 1.54) is 5.56 Å². The first-order valence-electron chi connectivity index (χ1n) is 3.97. The summed E-state index contributed by atoms with van der Waals surface area (Å²) in [5.74, 6) is 0.579. The van der Waals surface area contributed by atoms with Crippen molar-refractivity contribution in [2.75, 3.05) is 0 Å². The minimum Gasteiger partial charge on any atom is -0.327 e. The second-order valence-corrected chi connectivity index (χ2v) is 4.02. The van der Waals surface area contributed by atoms with Crippen LogP contribution in [0.5, 0.6) is 0 Å². The van der Waals surface area contributed by atoms with Gasteiger partial charge in [0.05, 0.1) is 0 Å². The fraction of sp³-hybridized carbons (Fsp3) is 0.556. The highest BCUT2D eigenvalue weighted by atomic mass is 32.1. The predicted octanol–water partition coefficient (Wildman–Crippen LogP) is 2.27. The molecule has 1 nitrogen and oxygen atoms in total. The van der Waals surface area contributed by atoms with E-state index in [1.54, 1.807) is 11.3 Å². The Labute approximate surface area is 72.2 Å². The molecule has 1 unspecified atom stereocenters. The van der Waals surface area contributed by atoms with Crippen LogP contribution in [0.4, 0.5) is 0 Å². The fourth-order valence-corrected chi connectivity index (χ4v) is 1.60. The van der Waals surface area contributed by atoms with E-state index in [0.717, 1.165) is 6.42 Å². The van der Waals surface area contributed by atoms with Crippen LogP contribution < -0.4 is 5.73 Å². The molecule has 2 N–H and O–H groups in total. The number of hydrogen-bond acceptors (Lipinski definition) is 2. The van der Waals surface area contributed by atoms with Crippen LogP contribution in [0.25, 0.3) is 0 Å². The van der Waals surface area contributed by atoms with Gasteiger partial charge in [0.25, 0.3) is 0 Å². The first-order chi connectivity index (χ1) is 5.20. The molecular formula is C9H15NS. The maximum absolute atomic E-state index is 5.91. The van der Waals surface area contributed by atoms with Crippen LogP contribution in [0.1, 0.15) is 19.4 Å². The average Bonchev–Trinajstić information content (AvgIpc) is 2.39. The van der Waals surface area contributed by atoms with Crippen LogP contribution in [0.3, 0.4) is 0 Å². The van der Waals surface area contributed by atoms with Crippen LogP contribution in [0.2, 0.25) is 0 Å². The summed E-state index contributed by atoms with van der Waals surface area (Å²) in [5.41, 5.74) is 7.28. The highest BCUT2D eigenvalue weighted by Crippen LogP contribution is 2.11. The van der Waals surface area contributed by atoms with E-state index in [9.17, 15) is 0 Å². The van der Waals surface area contributed by atoms with E-state index in [4.69, 9.17) is 5.73 Å². The summed E-state index contributed by atoms with van der Waals surface area (Å²) >= 11 is 1.74. The highest BCUT2D eigenvalue weighted by molar-refractivity contribution is 7.07. The smallest absolute Gasteiger partial charge is 0.0103 e. The van der Waals surface area contributed by atoms with Crippen molar-refractivity contribution in [1.29, 1.82) is 0 Å². The van der Waals surface area contributed by atoms with Crippen molar-refractivity contribution >= 4 is 11.3 Å². The average molecular weight is 169 g/mol. The molecule has 1 heterocycles. The molecule has 2 heteroatoms. The molecule has 0 aliphatic carbocycles. The van der Waals surface area contributed by atoms with E-state index in [0.29, 0.717) is 12.0 Å². The molecule has 1 rings (SSSR count). The molecule has 11 heavy (non-hydrogen) atoms. The topological polar surface area (TPSA) is 26.0 Å². The maximum atomic E-state index is 5.91. The summed E-state index contributed by atoms with van der Waals surface area (Å²) in [6.45, 7) is 4.33. The normalized spacial score (nSPS) is 13.8. The van der Waals surface area contributed by atoms with Gasteiger partial charge in [-0.05, 0) is 34.7 Å². The summed E-state index contributed by atoms with van der Waals surface area (Å²) in [4.78, 5) is 0. The molecule has 0 spiro atoms. The summed E-state index contributed by atoms with van der Waals surface area (Å²) in [5, 5.41) is 4.27. The van der Waals surface area contributed by atoms with E-state index in [2.05, 4.69) is 30.7 Å². The SMILES string of the molecule is CC(C)C(N)Cc1ccsc1. The first kappa shape index (κ1) is 8.75. The van der Waals surface area contributed by atoms with E-state index >= 15 is 0 Å². The molecule has 0 saturated carbocycles. The third-order valence-corrected chi connectivity index (χ3v) is 2.64. The zero-order valence-electron chi connectivity index (χ0n) is 7.08. The number of hydrogen-bond donors (Lipinski definition) is 1. The molecule has 0 fully saturated rings. The summed E-state index contributed by atoms with van der Waals surface area (Å²) in [6.07, 6.45) is 1.02. The Hall–Kier alpha value is -0.340. The van der Waals surface area contributed by atoms with Crippen LogP contribution in [-0.2, 0) is 6.42 Å². The molecule has 0 bridgehead atoms. The van der Waals surface area contributed by atoms with Crippen molar-refractivity contribution in [1.82, 2.24) is 0 Å². The lowest BCUT2D eigenvalue weighted by Gasteiger charge is -2.13. The lowest BCUT2D eigenvalue weighted by molar-refractivity contribution is 0.491. The number of nitrogens with two attached hydrogens (primary N) is 1. The molecule has 62 valence electrons. The van der Waals surface area contributed by atoms with Crippen molar-refractivity contribution in [3.05, 3.63) is 22.4 Å². The lowest BCUT2D eigenvalue weighted by Crippen LogP contribution is -2.28. The molecular weight excluding hydrogens is 154 g/mol. The third kappa shape index (κ3) is 2.64. The van der Waals surface area contributed by atoms with Crippen molar-refractivity contribution in [2.45, 2.75) is 26.3 Å². The Morgan fingerprint density at radius 3 is 2.73 bits per heavy atom. The second-order valence-electron chi connectivity index (χ2n) is 3.24. The Morgan fingerprint density at radius 1 is 1.55 bits per heavy atom. The predicted molar refractivity (Wildman–Crippen MR) is 50.8 cm³/mol. The largest absolute Gasteiger partial charge is 0.327 e. The van der Waals surface area contributed by atoms with Gasteiger partial charge in [-0.1, -0.05) is 13.8 Å². The molecule has 1 aromatic rings. The second kappa shape index (κ2) is 3.88. The molecule has 0 amide bonds. The van der Waals surface area contributed by atoms with Crippen molar-refractivity contribution < 1.29 is 0 Å². The fourth-order valence-electron chi connectivity index (χ4n) is 0.917. The van der Waals surface area contributed by atoms with Gasteiger partial charge in [-0.2, -0.15) is 11.3 Å². The number of thiophene rings is 1. The van der Waals surface area contributed by atoms with E-state index in [1.807, 2.05) is 0 Å². The Morgan fingerprint density at radius 2 is 2.27 bits per heavy atom. The first-order valence-corrected chi connectivity index (χ1v) is 4.91. The van der Waals surface area contributed by atoms with Gasteiger partial charge in [0.15, 0.2) is 0 Å². The van der Waals surface area contributed by atoms with Crippen LogP contribution in [0.15, 0.2) is 16.8 Å².